The summed E-state index contributed by atoms with van der Waals surface area (Å²) in [4.78, 5) is 0. The molecular formula is C18H30O3. The van der Waals surface area contributed by atoms with E-state index in [1.165, 1.54) is 0 Å². The van der Waals surface area contributed by atoms with E-state index in [2.05, 4.69) is 27.0 Å². The Bertz CT molecular complexity index is 325. The van der Waals surface area contributed by atoms with Crippen LogP contribution in [0.5, 0.6) is 0 Å². The summed E-state index contributed by atoms with van der Waals surface area (Å²) in [6.07, 6.45) is 10.2. The van der Waals surface area contributed by atoms with Crippen LogP contribution in [0.4, 0.5) is 0 Å². The molecule has 0 aliphatic carbocycles. The Labute approximate surface area is 129 Å². The van der Waals surface area contributed by atoms with Gasteiger partial charge in [0.25, 0.3) is 0 Å². The molecular weight excluding hydrogens is 264 g/mol. The summed E-state index contributed by atoms with van der Waals surface area (Å²) in [6, 6.07) is 0. The zero-order chi connectivity index (χ0) is 15.3. The van der Waals surface area contributed by atoms with Crippen molar-refractivity contribution in [3.8, 4) is 0 Å². The average Bonchev–Trinajstić information content (AvgIpc) is 3.31. The lowest BCUT2D eigenvalue weighted by Gasteiger charge is -2.43. The minimum atomic E-state index is -0.249. The van der Waals surface area contributed by atoms with Gasteiger partial charge in [-0.3, -0.25) is 0 Å². The van der Waals surface area contributed by atoms with Gasteiger partial charge in [-0.05, 0) is 25.7 Å². The van der Waals surface area contributed by atoms with Gasteiger partial charge in [0.1, 0.15) is 23.4 Å². The van der Waals surface area contributed by atoms with Crippen LogP contribution in [0.25, 0.3) is 0 Å². The van der Waals surface area contributed by atoms with Crippen LogP contribution >= 0.6 is 0 Å². The van der Waals surface area contributed by atoms with Crippen molar-refractivity contribution < 1.29 is 14.2 Å². The van der Waals surface area contributed by atoms with Crippen molar-refractivity contribution in [3.05, 3.63) is 25.3 Å². The van der Waals surface area contributed by atoms with E-state index >= 15 is 0 Å². The first-order valence-electron chi connectivity index (χ1n) is 8.31. The predicted molar refractivity (Wildman–Crippen MR) is 85.5 cm³/mol. The molecule has 21 heavy (non-hydrogen) atoms. The first-order valence-corrected chi connectivity index (χ1v) is 8.31. The van der Waals surface area contributed by atoms with Gasteiger partial charge in [-0.2, -0.15) is 0 Å². The molecule has 2 fully saturated rings. The van der Waals surface area contributed by atoms with E-state index in [4.69, 9.17) is 14.2 Å². The molecule has 0 aromatic rings. The molecule has 4 atom stereocenters. The van der Waals surface area contributed by atoms with E-state index in [1.807, 2.05) is 12.2 Å². The van der Waals surface area contributed by atoms with Gasteiger partial charge in [0.05, 0.1) is 13.2 Å². The molecule has 0 aromatic heterocycles. The van der Waals surface area contributed by atoms with E-state index in [0.717, 1.165) is 51.7 Å². The number of hydrogen-bond acceptors (Lipinski definition) is 3. The highest BCUT2D eigenvalue weighted by molar-refractivity contribution is 5.07. The largest absolute Gasteiger partial charge is 0.370 e. The molecule has 2 aliphatic rings. The van der Waals surface area contributed by atoms with Crippen LogP contribution in [0.1, 0.15) is 52.4 Å². The third-order valence-electron chi connectivity index (χ3n) is 4.57. The van der Waals surface area contributed by atoms with E-state index in [9.17, 15) is 0 Å². The molecule has 0 amide bonds. The summed E-state index contributed by atoms with van der Waals surface area (Å²) in [5, 5.41) is 0. The Hall–Kier alpha value is -0.640. The molecule has 3 nitrogen and oxygen atoms in total. The van der Waals surface area contributed by atoms with Crippen molar-refractivity contribution >= 4 is 0 Å². The van der Waals surface area contributed by atoms with Gasteiger partial charge in [-0.1, -0.05) is 38.8 Å². The van der Waals surface area contributed by atoms with Crippen LogP contribution in [-0.2, 0) is 14.2 Å². The lowest BCUT2D eigenvalue weighted by molar-refractivity contribution is -0.181. The summed E-state index contributed by atoms with van der Waals surface area (Å²) in [5.74, 6) is 0. The fourth-order valence-electron chi connectivity index (χ4n) is 3.55. The van der Waals surface area contributed by atoms with Gasteiger partial charge in [-0.25, -0.2) is 0 Å². The van der Waals surface area contributed by atoms with Crippen molar-refractivity contribution in [1.29, 1.82) is 0 Å². The summed E-state index contributed by atoms with van der Waals surface area (Å²) >= 11 is 0. The molecule has 3 heteroatoms. The number of rotatable bonds is 12. The third kappa shape index (κ3) is 3.77. The molecule has 2 aliphatic heterocycles. The monoisotopic (exact) mass is 294 g/mol. The molecule has 120 valence electrons. The maximum Gasteiger partial charge on any atom is 0.110 e. The van der Waals surface area contributed by atoms with Crippen LogP contribution in [0.2, 0.25) is 0 Å². The fourth-order valence-corrected chi connectivity index (χ4v) is 3.55. The lowest BCUT2D eigenvalue weighted by atomic mass is 9.85. The second-order valence-electron chi connectivity index (χ2n) is 6.36. The Kier molecular flexibility index (Phi) is 5.64. The van der Waals surface area contributed by atoms with Gasteiger partial charge in [-0.15, -0.1) is 13.2 Å². The molecule has 0 bridgehead atoms. The summed E-state index contributed by atoms with van der Waals surface area (Å²) in [6.45, 7) is 13.9. The summed E-state index contributed by atoms with van der Waals surface area (Å²) < 4.78 is 18.1. The van der Waals surface area contributed by atoms with Crippen molar-refractivity contribution in [2.75, 3.05) is 13.2 Å². The first kappa shape index (κ1) is 16.7. The molecule has 0 saturated carbocycles. The van der Waals surface area contributed by atoms with Gasteiger partial charge >= 0.3 is 0 Å². The molecule has 0 radical (unpaired) electrons. The topological polar surface area (TPSA) is 34.3 Å². The molecule has 2 heterocycles. The van der Waals surface area contributed by atoms with E-state index in [0.29, 0.717) is 0 Å². The maximum atomic E-state index is 6.84. The fraction of sp³-hybridized carbons (Fsp3) is 0.778. The molecule has 4 unspecified atom stereocenters. The maximum absolute atomic E-state index is 6.84. The molecule has 0 N–H and O–H groups in total. The highest BCUT2D eigenvalue weighted by Crippen LogP contribution is 2.45. The number of hydrogen-bond donors (Lipinski definition) is 0. The smallest absolute Gasteiger partial charge is 0.110 e. The van der Waals surface area contributed by atoms with E-state index in [1.54, 1.807) is 0 Å². The van der Waals surface area contributed by atoms with Crippen LogP contribution in [0.15, 0.2) is 25.3 Å². The minimum Gasteiger partial charge on any atom is -0.370 e. The van der Waals surface area contributed by atoms with Crippen molar-refractivity contribution in [2.24, 2.45) is 0 Å². The van der Waals surface area contributed by atoms with E-state index in [-0.39, 0.29) is 23.4 Å². The standard InChI is InChI=1S/C18H30O3/c1-5-9-17(10-6-2,15-13-19-15)21-18(11-7-3,12-8-4)16-14-20-16/h5,7,15-16H,1,3,6,8-14H2,2,4H3. The Morgan fingerprint density at radius 2 is 1.33 bits per heavy atom. The quantitative estimate of drug-likeness (QED) is 0.402. The molecule has 0 aromatic carbocycles. The van der Waals surface area contributed by atoms with Crippen molar-refractivity contribution in [3.63, 3.8) is 0 Å². The zero-order valence-electron chi connectivity index (χ0n) is 13.6. The molecule has 0 spiro atoms. The van der Waals surface area contributed by atoms with Crippen molar-refractivity contribution in [2.45, 2.75) is 75.8 Å². The third-order valence-corrected chi connectivity index (χ3v) is 4.57. The Morgan fingerprint density at radius 3 is 1.57 bits per heavy atom. The highest BCUT2D eigenvalue weighted by atomic mass is 16.6. The van der Waals surface area contributed by atoms with Crippen molar-refractivity contribution in [1.82, 2.24) is 0 Å². The van der Waals surface area contributed by atoms with Crippen LogP contribution in [0.3, 0.4) is 0 Å². The second-order valence-corrected chi connectivity index (χ2v) is 6.36. The number of epoxide rings is 2. The summed E-state index contributed by atoms with van der Waals surface area (Å²) in [5.41, 5.74) is -0.499. The molecule has 2 rings (SSSR count). The predicted octanol–water partition coefficient (Wildman–Crippen LogP) is 4.03. The van der Waals surface area contributed by atoms with Gasteiger partial charge in [0.15, 0.2) is 0 Å². The van der Waals surface area contributed by atoms with Gasteiger partial charge in [0, 0.05) is 0 Å². The van der Waals surface area contributed by atoms with E-state index < -0.39 is 0 Å². The zero-order valence-corrected chi connectivity index (χ0v) is 13.6. The minimum absolute atomic E-state index is 0.204. The average molecular weight is 294 g/mol. The molecule has 2 saturated heterocycles. The first-order chi connectivity index (χ1) is 10.2. The van der Waals surface area contributed by atoms with Gasteiger partial charge in [0.2, 0.25) is 0 Å². The van der Waals surface area contributed by atoms with Crippen LogP contribution in [0, 0.1) is 0 Å². The SMILES string of the molecule is C=CCC(CCC)(OC(CC=C)(CCC)C1CO1)C1CO1. The van der Waals surface area contributed by atoms with Crippen LogP contribution in [-0.4, -0.2) is 36.6 Å². The Balaban J connectivity index is 2.24. The second kappa shape index (κ2) is 7.08. The lowest BCUT2D eigenvalue weighted by Crippen LogP contribution is -2.51. The number of ether oxygens (including phenoxy) is 3. The normalized spacial score (nSPS) is 29.2. The van der Waals surface area contributed by atoms with Crippen LogP contribution < -0.4 is 0 Å². The summed E-state index contributed by atoms with van der Waals surface area (Å²) in [7, 11) is 0. The Morgan fingerprint density at radius 1 is 0.952 bits per heavy atom. The van der Waals surface area contributed by atoms with Gasteiger partial charge < -0.3 is 14.2 Å². The highest BCUT2D eigenvalue weighted by Gasteiger charge is 2.55.